The Bertz CT molecular complexity index is 772. The first-order valence-electron chi connectivity index (χ1n) is 8.27. The Labute approximate surface area is 142 Å². The van der Waals surface area contributed by atoms with Crippen LogP contribution >= 0.6 is 15.9 Å². The lowest BCUT2D eigenvalue weighted by atomic mass is 10.1. The van der Waals surface area contributed by atoms with E-state index in [2.05, 4.69) is 41.9 Å². The molecule has 23 heavy (non-hydrogen) atoms. The predicted molar refractivity (Wildman–Crippen MR) is 89.3 cm³/mol. The van der Waals surface area contributed by atoms with Crippen molar-refractivity contribution in [1.29, 1.82) is 0 Å². The van der Waals surface area contributed by atoms with Crippen LogP contribution in [-0.4, -0.2) is 50.6 Å². The number of hydrogen-bond acceptors (Lipinski definition) is 4. The summed E-state index contributed by atoms with van der Waals surface area (Å²) < 4.78 is 2.86. The van der Waals surface area contributed by atoms with Gasteiger partial charge in [-0.05, 0) is 47.7 Å². The smallest absolute Gasteiger partial charge is 0.226 e. The molecule has 2 bridgehead atoms. The highest BCUT2D eigenvalue weighted by atomic mass is 79.9. The van der Waals surface area contributed by atoms with Gasteiger partial charge in [0.1, 0.15) is 11.8 Å². The second-order valence-electron chi connectivity index (χ2n) is 6.88. The van der Waals surface area contributed by atoms with Crippen LogP contribution in [0.4, 0.5) is 5.82 Å². The molecule has 4 heterocycles. The molecule has 0 spiro atoms. The average molecular weight is 376 g/mol. The van der Waals surface area contributed by atoms with Crippen LogP contribution in [0.1, 0.15) is 25.7 Å². The molecule has 120 valence electrons. The van der Waals surface area contributed by atoms with Crippen LogP contribution in [0.2, 0.25) is 0 Å². The Balaban J connectivity index is 1.46. The minimum absolute atomic E-state index is 0.317. The third-order valence-corrected chi connectivity index (χ3v) is 5.75. The number of carbonyl (C=O) groups excluding carboxylic acids is 1. The van der Waals surface area contributed by atoms with E-state index in [1.54, 1.807) is 6.33 Å². The van der Waals surface area contributed by atoms with E-state index in [-0.39, 0.29) is 0 Å². The van der Waals surface area contributed by atoms with E-state index in [0.717, 1.165) is 54.6 Å². The number of fused-ring (bicyclic) bond motifs is 3. The molecule has 2 unspecified atom stereocenters. The molecule has 2 atom stereocenters. The van der Waals surface area contributed by atoms with Crippen LogP contribution in [0.15, 0.2) is 23.1 Å². The molecule has 2 aliphatic heterocycles. The van der Waals surface area contributed by atoms with Crippen molar-refractivity contribution >= 4 is 33.2 Å². The van der Waals surface area contributed by atoms with Gasteiger partial charge in [-0.3, -0.25) is 4.79 Å². The number of aromatic nitrogens is 3. The average Bonchev–Trinajstić information content (AvgIpc) is 3.26. The second-order valence-corrected chi connectivity index (χ2v) is 7.80. The van der Waals surface area contributed by atoms with Crippen LogP contribution in [0, 0.1) is 5.92 Å². The zero-order chi connectivity index (χ0) is 15.6. The Morgan fingerprint density at radius 3 is 2.61 bits per heavy atom. The molecule has 1 amide bonds. The van der Waals surface area contributed by atoms with Gasteiger partial charge in [0.15, 0.2) is 5.82 Å². The quantitative estimate of drug-likeness (QED) is 0.806. The van der Waals surface area contributed by atoms with Gasteiger partial charge < -0.3 is 9.80 Å². The Kier molecular flexibility index (Phi) is 2.95. The topological polar surface area (TPSA) is 53.7 Å². The van der Waals surface area contributed by atoms with E-state index < -0.39 is 0 Å². The number of piperazine rings is 1. The third kappa shape index (κ3) is 2.16. The van der Waals surface area contributed by atoms with Crippen molar-refractivity contribution in [2.75, 3.05) is 18.0 Å². The first-order valence-corrected chi connectivity index (χ1v) is 9.06. The van der Waals surface area contributed by atoms with Gasteiger partial charge in [-0.15, -0.1) is 0 Å². The van der Waals surface area contributed by atoms with Crippen LogP contribution in [0.5, 0.6) is 0 Å². The van der Waals surface area contributed by atoms with Gasteiger partial charge in [0.2, 0.25) is 5.91 Å². The van der Waals surface area contributed by atoms with Gasteiger partial charge in [-0.1, -0.05) is 0 Å². The molecule has 1 aliphatic carbocycles. The Hall–Kier alpha value is -1.63. The summed E-state index contributed by atoms with van der Waals surface area (Å²) in [5.41, 5.74) is 1.01. The fourth-order valence-electron chi connectivity index (χ4n) is 4.11. The summed E-state index contributed by atoms with van der Waals surface area (Å²) in [4.78, 5) is 21.6. The molecular weight excluding hydrogens is 358 g/mol. The third-order valence-electron chi connectivity index (χ3n) is 5.31. The molecule has 5 rings (SSSR count). The van der Waals surface area contributed by atoms with E-state index in [1.807, 2.05) is 10.7 Å². The molecule has 0 radical (unpaired) electrons. The number of nitrogens with zero attached hydrogens (tertiary/aromatic N) is 5. The summed E-state index contributed by atoms with van der Waals surface area (Å²) in [5, 5.41) is 4.27. The van der Waals surface area contributed by atoms with Gasteiger partial charge in [0.05, 0.1) is 0 Å². The zero-order valence-electron chi connectivity index (χ0n) is 12.7. The highest BCUT2D eigenvalue weighted by molar-refractivity contribution is 9.10. The SMILES string of the molecule is O=C(C1CC1)N1C2CCC1CN(c1ncnn3cc(Br)cc13)C2. The van der Waals surface area contributed by atoms with E-state index in [0.29, 0.717) is 23.9 Å². The van der Waals surface area contributed by atoms with Crippen molar-refractivity contribution < 1.29 is 4.79 Å². The monoisotopic (exact) mass is 375 g/mol. The summed E-state index contributed by atoms with van der Waals surface area (Å²) in [6.07, 6.45) is 7.96. The van der Waals surface area contributed by atoms with Gasteiger partial charge in [-0.25, -0.2) is 9.50 Å². The molecule has 2 aromatic heterocycles. The predicted octanol–water partition coefficient (Wildman–Crippen LogP) is 2.08. The lowest BCUT2D eigenvalue weighted by Gasteiger charge is -2.41. The maximum Gasteiger partial charge on any atom is 0.226 e. The van der Waals surface area contributed by atoms with Crippen LogP contribution in [0.3, 0.4) is 0 Å². The van der Waals surface area contributed by atoms with Crippen molar-refractivity contribution in [2.45, 2.75) is 37.8 Å². The summed E-state index contributed by atoms with van der Waals surface area (Å²) in [5.74, 6) is 1.69. The normalized spacial score (nSPS) is 27.0. The Morgan fingerprint density at radius 1 is 1.17 bits per heavy atom. The maximum absolute atomic E-state index is 12.6. The van der Waals surface area contributed by atoms with Crippen molar-refractivity contribution in [1.82, 2.24) is 19.5 Å². The highest BCUT2D eigenvalue weighted by Gasteiger charge is 2.46. The molecular formula is C16H18BrN5O. The summed E-state index contributed by atoms with van der Waals surface area (Å²) in [6, 6.07) is 2.74. The molecule has 1 saturated carbocycles. The molecule has 7 heteroatoms. The molecule has 6 nitrogen and oxygen atoms in total. The highest BCUT2D eigenvalue weighted by Crippen LogP contribution is 2.39. The summed E-state index contributed by atoms with van der Waals surface area (Å²) in [6.45, 7) is 1.76. The number of anilines is 1. The number of hydrogen-bond donors (Lipinski definition) is 0. The second kappa shape index (κ2) is 4.93. The molecule has 3 fully saturated rings. The van der Waals surface area contributed by atoms with E-state index in [9.17, 15) is 4.79 Å². The fraction of sp³-hybridized carbons (Fsp3) is 0.562. The van der Waals surface area contributed by atoms with Crippen molar-refractivity contribution in [3.63, 3.8) is 0 Å². The standard InChI is InChI=1S/C16H18BrN5O/c17-11-5-14-15(18-9-19-21(14)6-11)20-7-12-3-4-13(8-20)22(12)16(23)10-1-2-10/h5-6,9-10,12-13H,1-4,7-8H2. The van der Waals surface area contributed by atoms with Crippen LogP contribution < -0.4 is 4.90 Å². The van der Waals surface area contributed by atoms with E-state index in [1.165, 1.54) is 0 Å². The minimum Gasteiger partial charge on any atom is -0.351 e. The van der Waals surface area contributed by atoms with Gasteiger partial charge in [-0.2, -0.15) is 5.10 Å². The molecule has 3 aliphatic rings. The molecule has 0 aromatic carbocycles. The van der Waals surface area contributed by atoms with E-state index in [4.69, 9.17) is 0 Å². The molecule has 2 aromatic rings. The fourth-order valence-corrected chi connectivity index (χ4v) is 4.52. The number of amides is 1. The number of carbonyl (C=O) groups is 1. The number of halogens is 1. The van der Waals surface area contributed by atoms with Crippen molar-refractivity contribution in [3.8, 4) is 0 Å². The van der Waals surface area contributed by atoms with Crippen LogP contribution in [-0.2, 0) is 4.79 Å². The molecule has 0 N–H and O–H groups in total. The lowest BCUT2D eigenvalue weighted by molar-refractivity contribution is -0.135. The summed E-state index contributed by atoms with van der Waals surface area (Å²) >= 11 is 3.51. The minimum atomic E-state index is 0.317. The Morgan fingerprint density at radius 2 is 1.91 bits per heavy atom. The first kappa shape index (κ1) is 13.8. The summed E-state index contributed by atoms with van der Waals surface area (Å²) in [7, 11) is 0. The first-order chi connectivity index (χ1) is 11.2. The van der Waals surface area contributed by atoms with Gasteiger partial charge in [0.25, 0.3) is 0 Å². The largest absolute Gasteiger partial charge is 0.351 e. The lowest BCUT2D eigenvalue weighted by Crippen LogP contribution is -2.56. The maximum atomic E-state index is 12.6. The van der Waals surface area contributed by atoms with Gasteiger partial charge in [0, 0.05) is 41.8 Å². The number of rotatable bonds is 2. The van der Waals surface area contributed by atoms with Crippen LogP contribution in [0.25, 0.3) is 5.52 Å². The van der Waals surface area contributed by atoms with E-state index >= 15 is 0 Å². The zero-order valence-corrected chi connectivity index (χ0v) is 14.3. The van der Waals surface area contributed by atoms with Crippen molar-refractivity contribution in [2.24, 2.45) is 5.92 Å². The van der Waals surface area contributed by atoms with Crippen molar-refractivity contribution in [3.05, 3.63) is 23.1 Å². The molecule has 2 saturated heterocycles. The van der Waals surface area contributed by atoms with Gasteiger partial charge >= 0.3 is 0 Å².